The van der Waals surface area contributed by atoms with Crippen LogP contribution in [0.2, 0.25) is 0 Å². The zero-order valence-corrected chi connectivity index (χ0v) is 16.3. The Balaban J connectivity index is 1.35. The van der Waals surface area contributed by atoms with Gasteiger partial charge in [0.1, 0.15) is 0 Å². The number of nitrogens with zero attached hydrogens (tertiary/aromatic N) is 3. The molecule has 25 heavy (non-hydrogen) atoms. The Bertz CT molecular complexity index is 470. The van der Waals surface area contributed by atoms with E-state index in [1.54, 1.807) is 0 Å². The minimum Gasteiger partial charge on any atom is -0.374 e. The van der Waals surface area contributed by atoms with Gasteiger partial charge in [-0.15, -0.1) is 0 Å². The van der Waals surface area contributed by atoms with E-state index in [0.717, 1.165) is 49.9 Å². The van der Waals surface area contributed by atoms with Crippen LogP contribution in [0.4, 0.5) is 0 Å². The van der Waals surface area contributed by atoms with E-state index in [-0.39, 0.29) is 0 Å². The molecule has 0 amide bonds. The number of aliphatic imine (C=N–C) groups is 1. The Morgan fingerprint density at radius 2 is 1.76 bits per heavy atom. The molecule has 4 aliphatic heterocycles. The molecule has 2 bridgehead atoms. The Morgan fingerprint density at radius 3 is 2.36 bits per heavy atom. The second-order valence-electron chi connectivity index (χ2n) is 8.79. The molecule has 0 radical (unpaired) electrons. The SMILES string of the molecule is CCNC(=NCC(C)N1CCC(C)CC1)N1CC2C3CCC(O3)C2C1. The molecule has 0 aromatic rings. The number of ether oxygens (including phenoxy) is 1. The van der Waals surface area contributed by atoms with Crippen molar-refractivity contribution in [3.8, 4) is 0 Å². The number of hydrogen-bond donors (Lipinski definition) is 1. The molecule has 4 rings (SSSR count). The molecule has 4 saturated heterocycles. The minimum atomic E-state index is 0.525. The lowest BCUT2D eigenvalue weighted by atomic mass is 9.82. The van der Waals surface area contributed by atoms with Crippen molar-refractivity contribution in [1.29, 1.82) is 0 Å². The predicted octanol–water partition coefficient (Wildman–Crippen LogP) is 2.18. The maximum atomic E-state index is 6.12. The summed E-state index contributed by atoms with van der Waals surface area (Å²) in [6.07, 6.45) is 6.28. The molecule has 5 atom stereocenters. The average molecular weight is 349 g/mol. The topological polar surface area (TPSA) is 40.1 Å². The van der Waals surface area contributed by atoms with Gasteiger partial charge < -0.3 is 15.0 Å². The van der Waals surface area contributed by atoms with Gasteiger partial charge in [0.05, 0.1) is 18.8 Å². The molecule has 0 aromatic heterocycles. The molecule has 5 heteroatoms. The lowest BCUT2D eigenvalue weighted by molar-refractivity contribution is 0.0766. The number of nitrogens with one attached hydrogen (secondary N) is 1. The summed E-state index contributed by atoms with van der Waals surface area (Å²) < 4.78 is 6.12. The van der Waals surface area contributed by atoms with E-state index in [4.69, 9.17) is 9.73 Å². The zero-order valence-electron chi connectivity index (χ0n) is 16.3. The van der Waals surface area contributed by atoms with Crippen molar-refractivity contribution >= 4 is 5.96 Å². The summed E-state index contributed by atoms with van der Waals surface area (Å²) in [5.74, 6) is 3.51. The smallest absolute Gasteiger partial charge is 0.193 e. The van der Waals surface area contributed by atoms with Gasteiger partial charge in [0.2, 0.25) is 0 Å². The molecule has 0 aliphatic carbocycles. The number of likely N-dealkylation sites (tertiary alicyclic amines) is 2. The Labute approximate surface area is 153 Å². The highest BCUT2D eigenvalue weighted by Gasteiger charge is 2.53. The van der Waals surface area contributed by atoms with Crippen molar-refractivity contribution in [2.45, 2.75) is 64.7 Å². The van der Waals surface area contributed by atoms with Crippen LogP contribution < -0.4 is 5.32 Å². The summed E-state index contributed by atoms with van der Waals surface area (Å²) in [7, 11) is 0. The van der Waals surface area contributed by atoms with Gasteiger partial charge in [-0.1, -0.05) is 6.92 Å². The van der Waals surface area contributed by atoms with Gasteiger partial charge in [0.25, 0.3) is 0 Å². The van der Waals surface area contributed by atoms with Crippen LogP contribution in [-0.2, 0) is 4.74 Å². The molecule has 5 nitrogen and oxygen atoms in total. The van der Waals surface area contributed by atoms with Crippen LogP contribution in [0.1, 0.15) is 46.5 Å². The first-order valence-corrected chi connectivity index (χ1v) is 10.6. The van der Waals surface area contributed by atoms with Crippen LogP contribution in [0.5, 0.6) is 0 Å². The van der Waals surface area contributed by atoms with Crippen LogP contribution in [-0.4, -0.2) is 73.3 Å². The molecule has 4 heterocycles. The molecule has 4 aliphatic rings. The largest absolute Gasteiger partial charge is 0.374 e. The van der Waals surface area contributed by atoms with Crippen molar-refractivity contribution in [2.24, 2.45) is 22.7 Å². The summed E-state index contributed by atoms with van der Waals surface area (Å²) in [5, 5.41) is 3.55. The molecular weight excluding hydrogens is 312 g/mol. The van der Waals surface area contributed by atoms with Crippen LogP contribution in [0.15, 0.2) is 4.99 Å². The van der Waals surface area contributed by atoms with Crippen molar-refractivity contribution in [3.05, 3.63) is 0 Å². The third-order valence-corrected chi connectivity index (χ3v) is 7.03. The quantitative estimate of drug-likeness (QED) is 0.624. The van der Waals surface area contributed by atoms with Gasteiger partial charge >= 0.3 is 0 Å². The fraction of sp³-hybridized carbons (Fsp3) is 0.950. The van der Waals surface area contributed by atoms with Gasteiger partial charge in [-0.25, -0.2) is 0 Å². The van der Waals surface area contributed by atoms with Crippen molar-refractivity contribution in [1.82, 2.24) is 15.1 Å². The van der Waals surface area contributed by atoms with Crippen LogP contribution >= 0.6 is 0 Å². The average Bonchev–Trinajstić information content (AvgIpc) is 3.31. The van der Waals surface area contributed by atoms with E-state index in [0.29, 0.717) is 18.2 Å². The third kappa shape index (κ3) is 3.55. The third-order valence-electron chi connectivity index (χ3n) is 7.03. The fourth-order valence-electron chi connectivity index (χ4n) is 5.36. The van der Waals surface area contributed by atoms with Gasteiger partial charge in [0, 0.05) is 37.5 Å². The summed E-state index contributed by atoms with van der Waals surface area (Å²) in [5.41, 5.74) is 0. The highest BCUT2D eigenvalue weighted by molar-refractivity contribution is 5.80. The normalized spacial score (nSPS) is 37.6. The van der Waals surface area contributed by atoms with Gasteiger partial charge in [-0.2, -0.15) is 0 Å². The van der Waals surface area contributed by atoms with E-state index in [1.165, 1.54) is 38.8 Å². The first kappa shape index (κ1) is 17.6. The van der Waals surface area contributed by atoms with Crippen molar-refractivity contribution in [3.63, 3.8) is 0 Å². The lowest BCUT2D eigenvalue weighted by Crippen LogP contribution is -2.44. The van der Waals surface area contributed by atoms with Gasteiger partial charge in [0.15, 0.2) is 5.96 Å². The summed E-state index contributed by atoms with van der Waals surface area (Å²) in [6, 6.07) is 0.544. The van der Waals surface area contributed by atoms with E-state index in [9.17, 15) is 0 Å². The van der Waals surface area contributed by atoms with Gasteiger partial charge in [-0.05, 0) is 58.5 Å². The number of piperidine rings is 1. The Hall–Kier alpha value is -0.810. The molecular formula is C20H36N4O. The second kappa shape index (κ2) is 7.43. The van der Waals surface area contributed by atoms with E-state index >= 15 is 0 Å². The lowest BCUT2D eigenvalue weighted by Gasteiger charge is -2.34. The molecule has 142 valence electrons. The van der Waals surface area contributed by atoms with E-state index in [2.05, 4.69) is 35.9 Å². The first-order chi connectivity index (χ1) is 12.2. The maximum absolute atomic E-state index is 6.12. The highest BCUT2D eigenvalue weighted by atomic mass is 16.5. The van der Waals surface area contributed by atoms with E-state index < -0.39 is 0 Å². The van der Waals surface area contributed by atoms with Gasteiger partial charge in [-0.3, -0.25) is 9.89 Å². The van der Waals surface area contributed by atoms with Crippen LogP contribution in [0, 0.1) is 17.8 Å². The van der Waals surface area contributed by atoms with Crippen LogP contribution in [0.3, 0.4) is 0 Å². The maximum Gasteiger partial charge on any atom is 0.193 e. The number of hydrogen-bond acceptors (Lipinski definition) is 3. The highest BCUT2D eigenvalue weighted by Crippen LogP contribution is 2.47. The summed E-state index contributed by atoms with van der Waals surface area (Å²) >= 11 is 0. The second-order valence-corrected chi connectivity index (χ2v) is 8.79. The molecule has 5 unspecified atom stereocenters. The summed E-state index contributed by atoms with van der Waals surface area (Å²) in [6.45, 7) is 13.5. The molecule has 0 saturated carbocycles. The molecule has 0 spiro atoms. The summed E-state index contributed by atoms with van der Waals surface area (Å²) in [4.78, 5) is 10.2. The molecule has 1 N–H and O–H groups in total. The predicted molar refractivity (Wildman–Crippen MR) is 102 cm³/mol. The van der Waals surface area contributed by atoms with Crippen molar-refractivity contribution in [2.75, 3.05) is 39.3 Å². The number of rotatable bonds is 4. The van der Waals surface area contributed by atoms with Crippen LogP contribution in [0.25, 0.3) is 0 Å². The molecule has 4 fully saturated rings. The van der Waals surface area contributed by atoms with Crippen molar-refractivity contribution < 1.29 is 4.74 Å². The monoisotopic (exact) mass is 348 g/mol. The van der Waals surface area contributed by atoms with E-state index in [1.807, 2.05) is 0 Å². The standard InChI is InChI=1S/C20H36N4O/c1-4-21-20(22-11-15(3)23-9-7-14(2)8-10-23)24-12-16-17(13-24)19-6-5-18(16)25-19/h14-19H,4-13H2,1-3H3,(H,21,22). The Kier molecular flexibility index (Phi) is 5.23. The number of guanidine groups is 1. The first-order valence-electron chi connectivity index (χ1n) is 10.6. The zero-order chi connectivity index (χ0) is 17.4. The minimum absolute atomic E-state index is 0.525. The Morgan fingerprint density at radius 1 is 1.12 bits per heavy atom. The number of fused-ring (bicyclic) bond motifs is 5. The fourth-order valence-corrected chi connectivity index (χ4v) is 5.36. The molecule has 0 aromatic carbocycles.